The van der Waals surface area contributed by atoms with E-state index in [4.69, 9.17) is 10.00 Å². The van der Waals surface area contributed by atoms with Gasteiger partial charge >= 0.3 is 5.97 Å². The Kier molecular flexibility index (Phi) is 7.29. The Labute approximate surface area is 144 Å². The number of rotatable bonds is 6. The number of carbonyl (C=O) groups excluding carboxylic acids is 1. The summed E-state index contributed by atoms with van der Waals surface area (Å²) in [5, 5.41) is 8.44. The molecule has 1 aliphatic rings. The van der Waals surface area contributed by atoms with Crippen LogP contribution >= 0.6 is 0 Å². The van der Waals surface area contributed by atoms with Gasteiger partial charge in [-0.1, -0.05) is 43.7 Å². The highest BCUT2D eigenvalue weighted by Gasteiger charge is 2.23. The lowest BCUT2D eigenvalue weighted by molar-refractivity contribution is 0.0185. The maximum absolute atomic E-state index is 12.2. The summed E-state index contributed by atoms with van der Waals surface area (Å²) in [5.41, 5.74) is 1.89. The van der Waals surface area contributed by atoms with Gasteiger partial charge in [-0.25, -0.2) is 4.79 Å². The van der Waals surface area contributed by atoms with Gasteiger partial charge in [0.1, 0.15) is 6.10 Å². The summed E-state index contributed by atoms with van der Waals surface area (Å²) in [4.78, 5) is 12.2. The Morgan fingerprint density at radius 3 is 2.54 bits per heavy atom. The molecular weight excluding hydrogens is 298 g/mol. The molecule has 0 atom stereocenters. The quantitative estimate of drug-likeness (QED) is 0.421. The zero-order valence-corrected chi connectivity index (χ0v) is 14.3. The molecule has 1 saturated carbocycles. The van der Waals surface area contributed by atoms with Crippen LogP contribution in [0.25, 0.3) is 0 Å². The van der Waals surface area contributed by atoms with E-state index in [1.54, 1.807) is 6.08 Å². The average molecular weight is 323 g/mol. The van der Waals surface area contributed by atoms with E-state index in [9.17, 15) is 4.79 Å². The fourth-order valence-electron chi connectivity index (χ4n) is 3.03. The third-order valence-electron chi connectivity index (χ3n) is 4.39. The first kappa shape index (κ1) is 18.0. The summed E-state index contributed by atoms with van der Waals surface area (Å²) in [6.07, 6.45) is 13.3. The Bertz CT molecular complexity index is 614. The smallest absolute Gasteiger partial charge is 0.338 e. The molecule has 0 aromatic heterocycles. The summed E-state index contributed by atoms with van der Waals surface area (Å²) >= 11 is 0. The van der Waals surface area contributed by atoms with Gasteiger partial charge in [0, 0.05) is 6.08 Å². The number of aryl methyl sites for hydroxylation is 1. The number of hydrogen-bond acceptors (Lipinski definition) is 3. The number of nitrogens with zero attached hydrogens (tertiary/aromatic N) is 1. The molecule has 3 heteroatoms. The van der Waals surface area contributed by atoms with Crippen LogP contribution in [-0.2, 0) is 11.2 Å². The Morgan fingerprint density at radius 2 is 1.92 bits per heavy atom. The van der Waals surface area contributed by atoms with Crippen molar-refractivity contribution in [3.8, 4) is 6.07 Å². The van der Waals surface area contributed by atoms with Crippen molar-refractivity contribution in [2.24, 2.45) is 5.92 Å². The second kappa shape index (κ2) is 9.72. The summed E-state index contributed by atoms with van der Waals surface area (Å²) < 4.78 is 5.65. The van der Waals surface area contributed by atoms with Crippen LogP contribution in [0, 0.1) is 17.2 Å². The first-order valence-corrected chi connectivity index (χ1v) is 8.75. The van der Waals surface area contributed by atoms with Crippen molar-refractivity contribution in [1.82, 2.24) is 0 Å². The molecule has 1 fully saturated rings. The van der Waals surface area contributed by atoms with Crippen molar-refractivity contribution in [1.29, 1.82) is 5.26 Å². The van der Waals surface area contributed by atoms with Crippen molar-refractivity contribution in [3.05, 3.63) is 59.7 Å². The van der Waals surface area contributed by atoms with Crippen LogP contribution in [-0.4, -0.2) is 12.1 Å². The second-order valence-corrected chi connectivity index (χ2v) is 6.26. The van der Waals surface area contributed by atoms with Crippen molar-refractivity contribution in [2.45, 2.75) is 51.6 Å². The first-order chi connectivity index (χ1) is 11.7. The number of allylic oxidation sites excluding steroid dienone is 4. The fraction of sp³-hybridized carbons (Fsp3) is 0.429. The van der Waals surface area contributed by atoms with Crippen LogP contribution in [0.5, 0.6) is 0 Å². The maximum atomic E-state index is 12.2. The SMILES string of the molecule is CCCc1ccc(C(=O)OC2CCC(/C=C/C=CC#N)CC2)cc1. The van der Waals surface area contributed by atoms with E-state index in [2.05, 4.69) is 13.0 Å². The zero-order valence-electron chi connectivity index (χ0n) is 14.3. The average Bonchev–Trinajstić information content (AvgIpc) is 2.61. The van der Waals surface area contributed by atoms with Gasteiger partial charge in [0.15, 0.2) is 0 Å². The molecule has 0 saturated heterocycles. The van der Waals surface area contributed by atoms with Crippen molar-refractivity contribution < 1.29 is 9.53 Å². The standard InChI is InChI=1S/C21H25NO2/c1-2-6-17-8-12-19(13-9-17)21(23)24-20-14-10-18(11-15-20)7-4-3-5-16-22/h3-5,7-9,12-13,18,20H,2,6,10-11,14-15H2,1H3/b5-3?,7-4+. The topological polar surface area (TPSA) is 50.1 Å². The highest BCUT2D eigenvalue weighted by molar-refractivity contribution is 5.89. The molecule has 1 aromatic rings. The molecule has 0 radical (unpaired) electrons. The fourth-order valence-corrected chi connectivity index (χ4v) is 3.03. The van der Waals surface area contributed by atoms with Crippen molar-refractivity contribution in [3.63, 3.8) is 0 Å². The Morgan fingerprint density at radius 1 is 1.21 bits per heavy atom. The van der Waals surface area contributed by atoms with Crippen LogP contribution in [0.15, 0.2) is 48.6 Å². The summed E-state index contributed by atoms with van der Waals surface area (Å²) in [5.74, 6) is 0.297. The number of hydrogen-bond donors (Lipinski definition) is 0. The van der Waals surface area contributed by atoms with Gasteiger partial charge in [-0.3, -0.25) is 0 Å². The largest absolute Gasteiger partial charge is 0.459 e. The highest BCUT2D eigenvalue weighted by Crippen LogP contribution is 2.27. The number of nitriles is 1. The van der Waals surface area contributed by atoms with Crippen LogP contribution in [0.1, 0.15) is 54.9 Å². The third-order valence-corrected chi connectivity index (χ3v) is 4.39. The van der Waals surface area contributed by atoms with Gasteiger partial charge in [-0.2, -0.15) is 5.26 Å². The molecule has 0 unspecified atom stereocenters. The minimum absolute atomic E-state index is 0.0205. The predicted molar refractivity (Wildman–Crippen MR) is 95.5 cm³/mol. The van der Waals surface area contributed by atoms with E-state index in [1.807, 2.05) is 36.4 Å². The molecule has 0 N–H and O–H groups in total. The number of esters is 1. The van der Waals surface area contributed by atoms with Crippen LogP contribution in [0.3, 0.4) is 0 Å². The maximum Gasteiger partial charge on any atom is 0.338 e. The number of ether oxygens (including phenoxy) is 1. The monoisotopic (exact) mass is 323 g/mol. The summed E-state index contributed by atoms with van der Waals surface area (Å²) in [6, 6.07) is 9.72. The van der Waals surface area contributed by atoms with E-state index in [-0.39, 0.29) is 12.1 Å². The highest BCUT2D eigenvalue weighted by atomic mass is 16.5. The molecule has 1 aliphatic carbocycles. The number of benzene rings is 1. The van der Waals surface area contributed by atoms with Gasteiger partial charge < -0.3 is 4.74 Å². The van der Waals surface area contributed by atoms with Crippen LogP contribution in [0.2, 0.25) is 0 Å². The summed E-state index contributed by atoms with van der Waals surface area (Å²) in [7, 11) is 0. The van der Waals surface area contributed by atoms with Crippen molar-refractivity contribution >= 4 is 5.97 Å². The lowest BCUT2D eigenvalue weighted by atomic mass is 9.87. The van der Waals surface area contributed by atoms with E-state index in [0.29, 0.717) is 11.5 Å². The molecule has 0 spiro atoms. The molecule has 0 aliphatic heterocycles. The predicted octanol–water partition coefficient (Wildman–Crippen LogP) is 4.99. The third kappa shape index (κ3) is 5.70. The van der Waals surface area contributed by atoms with Gasteiger partial charge in [0.25, 0.3) is 0 Å². The van der Waals surface area contributed by atoms with Crippen molar-refractivity contribution in [2.75, 3.05) is 0 Å². The second-order valence-electron chi connectivity index (χ2n) is 6.26. The lowest BCUT2D eigenvalue weighted by Gasteiger charge is -2.26. The van der Waals surface area contributed by atoms with Crippen LogP contribution in [0.4, 0.5) is 0 Å². The molecule has 126 valence electrons. The molecule has 1 aromatic carbocycles. The van der Waals surface area contributed by atoms with Gasteiger partial charge in [-0.15, -0.1) is 0 Å². The first-order valence-electron chi connectivity index (χ1n) is 8.75. The normalized spacial score (nSPS) is 21.0. The minimum atomic E-state index is -0.214. The minimum Gasteiger partial charge on any atom is -0.459 e. The molecular formula is C21H25NO2. The lowest BCUT2D eigenvalue weighted by Crippen LogP contribution is -2.24. The Balaban J connectivity index is 1.78. The molecule has 24 heavy (non-hydrogen) atoms. The Hall–Kier alpha value is -2.34. The van der Waals surface area contributed by atoms with Gasteiger partial charge in [0.05, 0.1) is 11.6 Å². The molecule has 0 bridgehead atoms. The van der Waals surface area contributed by atoms with E-state index < -0.39 is 0 Å². The molecule has 3 nitrogen and oxygen atoms in total. The van der Waals surface area contributed by atoms with Crippen LogP contribution < -0.4 is 0 Å². The number of carbonyl (C=O) groups is 1. The molecule has 0 amide bonds. The molecule has 2 rings (SSSR count). The zero-order chi connectivity index (χ0) is 17.2. The molecule has 0 heterocycles. The summed E-state index contributed by atoms with van der Waals surface area (Å²) in [6.45, 7) is 2.15. The van der Waals surface area contributed by atoms with E-state index >= 15 is 0 Å². The van der Waals surface area contributed by atoms with Gasteiger partial charge in [0.2, 0.25) is 0 Å². The van der Waals surface area contributed by atoms with Gasteiger partial charge in [-0.05, 0) is 55.7 Å². The van der Waals surface area contributed by atoms with E-state index in [0.717, 1.165) is 38.5 Å². The van der Waals surface area contributed by atoms with E-state index in [1.165, 1.54) is 11.6 Å².